The number of aromatic nitrogens is 2. The SMILES string of the molecule is Cc1ccccc1-n1nc(C(=O)N2CCC(N)C(C)(C)C2)c2c1CCC2. The van der Waals surface area contributed by atoms with Gasteiger partial charge in [0.05, 0.1) is 5.69 Å². The van der Waals surface area contributed by atoms with Crippen LogP contribution in [0.1, 0.15) is 54.0 Å². The summed E-state index contributed by atoms with van der Waals surface area (Å²) in [7, 11) is 0. The molecule has 1 unspecified atom stereocenters. The molecule has 2 aromatic rings. The normalized spacial score (nSPS) is 21.7. The second-order valence-corrected chi connectivity index (χ2v) is 8.44. The molecule has 1 saturated heterocycles. The third-order valence-corrected chi connectivity index (χ3v) is 6.08. The van der Waals surface area contributed by atoms with Crippen molar-refractivity contribution in [1.82, 2.24) is 14.7 Å². The Morgan fingerprint density at radius 1 is 1.27 bits per heavy atom. The molecule has 0 saturated carbocycles. The summed E-state index contributed by atoms with van der Waals surface area (Å²) < 4.78 is 2.01. The van der Waals surface area contributed by atoms with Gasteiger partial charge in [0.1, 0.15) is 0 Å². The lowest BCUT2D eigenvalue weighted by molar-refractivity contribution is 0.0526. The molecule has 0 spiro atoms. The molecule has 26 heavy (non-hydrogen) atoms. The van der Waals surface area contributed by atoms with Crippen molar-refractivity contribution in [3.63, 3.8) is 0 Å². The molecule has 1 amide bonds. The maximum Gasteiger partial charge on any atom is 0.274 e. The zero-order valence-electron chi connectivity index (χ0n) is 16.0. The summed E-state index contributed by atoms with van der Waals surface area (Å²) in [5.41, 5.74) is 11.4. The zero-order valence-corrected chi connectivity index (χ0v) is 16.0. The maximum absolute atomic E-state index is 13.3. The van der Waals surface area contributed by atoms with E-state index in [1.807, 2.05) is 21.7 Å². The van der Waals surface area contributed by atoms with Gasteiger partial charge in [0.2, 0.25) is 0 Å². The molecule has 1 aromatic carbocycles. The van der Waals surface area contributed by atoms with Gasteiger partial charge >= 0.3 is 0 Å². The molecule has 1 aliphatic heterocycles. The highest BCUT2D eigenvalue weighted by Crippen LogP contribution is 2.32. The molecule has 2 heterocycles. The number of piperidine rings is 1. The van der Waals surface area contributed by atoms with Gasteiger partial charge in [0, 0.05) is 30.4 Å². The minimum Gasteiger partial charge on any atom is -0.337 e. The largest absolute Gasteiger partial charge is 0.337 e. The molecule has 1 fully saturated rings. The number of amides is 1. The monoisotopic (exact) mass is 352 g/mol. The van der Waals surface area contributed by atoms with Gasteiger partial charge in [0.25, 0.3) is 5.91 Å². The Kier molecular flexibility index (Phi) is 4.14. The van der Waals surface area contributed by atoms with Gasteiger partial charge in [-0.05, 0) is 49.7 Å². The number of likely N-dealkylation sites (tertiary alicyclic amines) is 1. The van der Waals surface area contributed by atoms with Crippen LogP contribution in [0.25, 0.3) is 5.69 Å². The Morgan fingerprint density at radius 3 is 2.77 bits per heavy atom. The third kappa shape index (κ3) is 2.75. The second kappa shape index (κ2) is 6.23. The first kappa shape index (κ1) is 17.3. The van der Waals surface area contributed by atoms with Crippen LogP contribution in [0.5, 0.6) is 0 Å². The van der Waals surface area contributed by atoms with Crippen LogP contribution in [0.4, 0.5) is 0 Å². The number of nitrogens with zero attached hydrogens (tertiary/aromatic N) is 3. The lowest BCUT2D eigenvalue weighted by Gasteiger charge is -2.42. The van der Waals surface area contributed by atoms with Crippen LogP contribution < -0.4 is 5.73 Å². The number of rotatable bonds is 2. The van der Waals surface area contributed by atoms with Crippen molar-refractivity contribution >= 4 is 5.91 Å². The number of hydrogen-bond donors (Lipinski definition) is 1. The van der Waals surface area contributed by atoms with Gasteiger partial charge < -0.3 is 10.6 Å². The molecule has 5 heteroatoms. The maximum atomic E-state index is 13.3. The minimum absolute atomic E-state index is 0.0599. The zero-order chi connectivity index (χ0) is 18.5. The van der Waals surface area contributed by atoms with Crippen LogP contribution in [-0.2, 0) is 12.8 Å². The number of carbonyl (C=O) groups excluding carboxylic acids is 1. The molecule has 2 aliphatic rings. The Morgan fingerprint density at radius 2 is 2.04 bits per heavy atom. The van der Waals surface area contributed by atoms with E-state index in [2.05, 4.69) is 32.9 Å². The standard InChI is InChI=1S/C21H28N4O/c1-14-7-4-5-9-16(14)25-17-10-6-8-15(17)19(23-25)20(26)24-12-11-18(22)21(2,3)13-24/h4-5,7,9,18H,6,8,10-13,22H2,1-3H3. The molecule has 0 bridgehead atoms. The molecule has 2 N–H and O–H groups in total. The number of benzene rings is 1. The highest BCUT2D eigenvalue weighted by Gasteiger charge is 2.38. The van der Waals surface area contributed by atoms with Crippen molar-refractivity contribution < 1.29 is 4.79 Å². The predicted molar refractivity (Wildman–Crippen MR) is 103 cm³/mol. The predicted octanol–water partition coefficient (Wildman–Crippen LogP) is 2.87. The van der Waals surface area contributed by atoms with Crippen molar-refractivity contribution in [2.75, 3.05) is 13.1 Å². The molecular weight excluding hydrogens is 324 g/mol. The first-order chi connectivity index (χ1) is 12.4. The van der Waals surface area contributed by atoms with Crippen LogP contribution in [0, 0.1) is 12.3 Å². The first-order valence-electron chi connectivity index (χ1n) is 9.60. The van der Waals surface area contributed by atoms with Crippen molar-refractivity contribution in [3.05, 3.63) is 46.8 Å². The third-order valence-electron chi connectivity index (χ3n) is 6.08. The minimum atomic E-state index is -0.0599. The summed E-state index contributed by atoms with van der Waals surface area (Å²) in [6, 6.07) is 8.38. The van der Waals surface area contributed by atoms with E-state index in [1.165, 1.54) is 11.3 Å². The molecule has 4 rings (SSSR count). The number of aryl methyl sites for hydroxylation is 1. The fourth-order valence-corrected chi connectivity index (χ4v) is 4.31. The van der Waals surface area contributed by atoms with Crippen LogP contribution in [0.3, 0.4) is 0 Å². The molecule has 0 radical (unpaired) electrons. The van der Waals surface area contributed by atoms with E-state index in [0.717, 1.165) is 43.5 Å². The van der Waals surface area contributed by atoms with E-state index in [1.54, 1.807) is 0 Å². The van der Waals surface area contributed by atoms with Gasteiger partial charge in [0.15, 0.2) is 5.69 Å². The Labute approximate surface area is 155 Å². The van der Waals surface area contributed by atoms with Crippen molar-refractivity contribution in [1.29, 1.82) is 0 Å². The summed E-state index contributed by atoms with van der Waals surface area (Å²) in [6.07, 6.45) is 3.87. The van der Waals surface area contributed by atoms with Crippen LogP contribution in [-0.4, -0.2) is 39.7 Å². The van der Waals surface area contributed by atoms with Crippen molar-refractivity contribution in [2.24, 2.45) is 11.1 Å². The van der Waals surface area contributed by atoms with Gasteiger partial charge in [-0.25, -0.2) is 4.68 Å². The molecule has 1 aliphatic carbocycles. The van der Waals surface area contributed by atoms with E-state index in [-0.39, 0.29) is 17.4 Å². The van der Waals surface area contributed by atoms with Crippen LogP contribution in [0.15, 0.2) is 24.3 Å². The van der Waals surface area contributed by atoms with E-state index in [9.17, 15) is 4.79 Å². The fourth-order valence-electron chi connectivity index (χ4n) is 4.31. The number of fused-ring (bicyclic) bond motifs is 1. The van der Waals surface area contributed by atoms with Gasteiger partial charge in [-0.3, -0.25) is 4.79 Å². The molecule has 1 atom stereocenters. The highest BCUT2D eigenvalue weighted by atomic mass is 16.2. The number of nitrogens with two attached hydrogens (primary N) is 1. The average molecular weight is 352 g/mol. The second-order valence-electron chi connectivity index (χ2n) is 8.44. The topological polar surface area (TPSA) is 64.2 Å². The van der Waals surface area contributed by atoms with E-state index in [0.29, 0.717) is 12.2 Å². The van der Waals surface area contributed by atoms with E-state index >= 15 is 0 Å². The summed E-state index contributed by atoms with van der Waals surface area (Å²) >= 11 is 0. The lowest BCUT2D eigenvalue weighted by atomic mass is 9.79. The van der Waals surface area contributed by atoms with Crippen molar-refractivity contribution in [3.8, 4) is 5.69 Å². The average Bonchev–Trinajstić information content (AvgIpc) is 3.20. The van der Waals surface area contributed by atoms with Crippen LogP contribution >= 0.6 is 0 Å². The highest BCUT2D eigenvalue weighted by molar-refractivity contribution is 5.94. The van der Waals surface area contributed by atoms with Gasteiger partial charge in [-0.15, -0.1) is 0 Å². The molecular formula is C21H28N4O. The molecule has 1 aromatic heterocycles. The summed E-state index contributed by atoms with van der Waals surface area (Å²) in [4.78, 5) is 15.2. The van der Waals surface area contributed by atoms with Gasteiger partial charge in [-0.1, -0.05) is 32.0 Å². The number of hydrogen-bond acceptors (Lipinski definition) is 3. The van der Waals surface area contributed by atoms with E-state index < -0.39 is 0 Å². The Balaban J connectivity index is 1.71. The van der Waals surface area contributed by atoms with E-state index in [4.69, 9.17) is 10.8 Å². The summed E-state index contributed by atoms with van der Waals surface area (Å²) in [5.74, 6) is 0.0652. The number of carbonyl (C=O) groups is 1. The van der Waals surface area contributed by atoms with Gasteiger partial charge in [-0.2, -0.15) is 5.10 Å². The quantitative estimate of drug-likeness (QED) is 0.904. The number of para-hydroxylation sites is 1. The van der Waals surface area contributed by atoms with Crippen molar-refractivity contribution in [2.45, 2.75) is 52.5 Å². The molecule has 138 valence electrons. The Bertz CT molecular complexity index is 852. The molecule has 5 nitrogen and oxygen atoms in total. The van der Waals surface area contributed by atoms with Crippen LogP contribution in [0.2, 0.25) is 0 Å². The Hall–Kier alpha value is -2.14. The summed E-state index contributed by atoms with van der Waals surface area (Å²) in [5, 5.41) is 4.80. The lowest BCUT2D eigenvalue weighted by Crippen LogP contribution is -2.54. The smallest absolute Gasteiger partial charge is 0.274 e. The fraction of sp³-hybridized carbons (Fsp3) is 0.524. The first-order valence-corrected chi connectivity index (χ1v) is 9.60. The summed E-state index contributed by atoms with van der Waals surface area (Å²) in [6.45, 7) is 7.80.